The van der Waals surface area contributed by atoms with Crippen molar-refractivity contribution in [3.63, 3.8) is 0 Å². The topological polar surface area (TPSA) is 107 Å². The average molecular weight is 645 g/mol. The highest BCUT2D eigenvalue weighted by Gasteiger charge is 2.81. The van der Waals surface area contributed by atoms with Crippen LogP contribution in [0.2, 0.25) is 0 Å². The fourth-order valence-corrected chi connectivity index (χ4v) is 12.8. The summed E-state index contributed by atoms with van der Waals surface area (Å²) in [6.07, 6.45) is 10.5. The number of morpholine rings is 1. The molecule has 2 heterocycles. The van der Waals surface area contributed by atoms with Crippen LogP contribution in [0.15, 0.2) is 0 Å². The molecule has 11 atom stereocenters. The molecule has 2 aliphatic heterocycles. The third-order valence-corrected chi connectivity index (χ3v) is 14.9. The van der Waals surface area contributed by atoms with E-state index in [1.807, 2.05) is 0 Å². The molecule has 2 spiro atoms. The summed E-state index contributed by atoms with van der Waals surface area (Å²) in [6.45, 7) is 17.0. The molecule has 0 aromatic heterocycles. The van der Waals surface area contributed by atoms with Gasteiger partial charge in [0.1, 0.15) is 6.10 Å². The molecule has 2 N–H and O–H groups in total. The Balaban J connectivity index is 1.01. The number of fused-ring (bicyclic) bond motifs is 4. The number of alkyl carbamates (subject to hydrolysis) is 1. The first-order valence-corrected chi connectivity index (χ1v) is 18.5. The van der Waals surface area contributed by atoms with Crippen molar-refractivity contribution in [3.05, 3.63) is 0 Å². The lowest BCUT2D eigenvalue weighted by atomic mass is 9.46. The molecule has 9 heteroatoms. The summed E-state index contributed by atoms with van der Waals surface area (Å²) in [4.78, 5) is 27.2. The Morgan fingerprint density at radius 3 is 2.43 bits per heavy atom. The quantitative estimate of drug-likeness (QED) is 0.359. The monoisotopic (exact) mass is 644 g/mol. The third-order valence-electron chi connectivity index (χ3n) is 14.9. The number of esters is 1. The van der Waals surface area contributed by atoms with E-state index in [9.17, 15) is 14.7 Å². The first-order chi connectivity index (χ1) is 21.7. The number of carbonyl (C=O) groups is 2. The summed E-state index contributed by atoms with van der Waals surface area (Å²) in [5.74, 6) is 2.13. The summed E-state index contributed by atoms with van der Waals surface area (Å²) >= 11 is 0. The van der Waals surface area contributed by atoms with Gasteiger partial charge in [-0.2, -0.15) is 0 Å². The minimum absolute atomic E-state index is 0.0438. The molecule has 7 aliphatic rings. The molecule has 5 saturated carbocycles. The first kappa shape index (κ1) is 33.1. The predicted molar refractivity (Wildman–Crippen MR) is 173 cm³/mol. The van der Waals surface area contributed by atoms with Crippen LogP contribution in [0.4, 0.5) is 4.79 Å². The number of hydrogen-bond acceptors (Lipinski definition) is 8. The van der Waals surface area contributed by atoms with Crippen molar-refractivity contribution in [1.29, 1.82) is 0 Å². The lowest BCUT2D eigenvalue weighted by Crippen LogP contribution is -2.55. The molecule has 2 saturated heterocycles. The van der Waals surface area contributed by atoms with E-state index in [0.29, 0.717) is 35.1 Å². The molecule has 0 aromatic rings. The molecular formula is C37H60N2O7. The second-order valence-electron chi connectivity index (χ2n) is 17.8. The van der Waals surface area contributed by atoms with Crippen molar-refractivity contribution in [2.45, 2.75) is 136 Å². The summed E-state index contributed by atoms with van der Waals surface area (Å²) < 4.78 is 24.1. The first-order valence-electron chi connectivity index (χ1n) is 18.5. The van der Waals surface area contributed by atoms with Crippen LogP contribution < -0.4 is 5.32 Å². The highest BCUT2D eigenvalue weighted by atomic mass is 16.6. The fourth-order valence-electron chi connectivity index (χ4n) is 12.8. The average Bonchev–Trinajstić information content (AvgIpc) is 3.57. The van der Waals surface area contributed by atoms with Crippen molar-refractivity contribution in [3.8, 4) is 0 Å². The van der Waals surface area contributed by atoms with E-state index < -0.39 is 11.7 Å². The van der Waals surface area contributed by atoms with Crippen LogP contribution in [0.5, 0.6) is 0 Å². The van der Waals surface area contributed by atoms with Gasteiger partial charge >= 0.3 is 12.1 Å². The zero-order chi connectivity index (χ0) is 32.7. The minimum Gasteiger partial charge on any atom is -0.457 e. The SMILES string of the molecule is CC(=O)O[C@@H](C1CCC2C(CC3C4CCC5C(C)(C)[C@@H](OC(=O)NCCN6CCOCC6)CCC56C[C@@]46CCC23C)O1)C(C)(C)O. The van der Waals surface area contributed by atoms with E-state index >= 15 is 0 Å². The normalized spacial score (nSPS) is 45.2. The molecule has 46 heavy (non-hydrogen) atoms. The highest BCUT2D eigenvalue weighted by molar-refractivity contribution is 5.67. The second-order valence-corrected chi connectivity index (χ2v) is 17.8. The van der Waals surface area contributed by atoms with E-state index in [4.69, 9.17) is 18.9 Å². The molecule has 0 bridgehead atoms. The van der Waals surface area contributed by atoms with Gasteiger partial charge in [0.05, 0.1) is 31.0 Å². The number of ether oxygens (including phenoxy) is 4. The van der Waals surface area contributed by atoms with Crippen LogP contribution in [-0.4, -0.2) is 91.5 Å². The van der Waals surface area contributed by atoms with Crippen LogP contribution in [0.1, 0.15) is 106 Å². The number of amides is 1. The van der Waals surface area contributed by atoms with Crippen molar-refractivity contribution in [2.24, 2.45) is 45.3 Å². The van der Waals surface area contributed by atoms with E-state index in [-0.39, 0.29) is 41.2 Å². The smallest absolute Gasteiger partial charge is 0.407 e. The maximum Gasteiger partial charge on any atom is 0.407 e. The van der Waals surface area contributed by atoms with E-state index in [0.717, 1.165) is 64.4 Å². The molecule has 8 unspecified atom stereocenters. The molecule has 0 radical (unpaired) electrons. The van der Waals surface area contributed by atoms with Gasteiger partial charge in [-0.15, -0.1) is 0 Å². The Labute approximate surface area is 276 Å². The van der Waals surface area contributed by atoms with Gasteiger partial charge in [-0.3, -0.25) is 9.69 Å². The van der Waals surface area contributed by atoms with E-state index in [2.05, 4.69) is 31.0 Å². The molecule has 260 valence electrons. The highest BCUT2D eigenvalue weighted by Crippen LogP contribution is 2.87. The Morgan fingerprint density at radius 2 is 1.72 bits per heavy atom. The van der Waals surface area contributed by atoms with Crippen molar-refractivity contribution >= 4 is 12.1 Å². The minimum atomic E-state index is -1.15. The summed E-state index contributed by atoms with van der Waals surface area (Å²) in [5.41, 5.74) is -0.115. The van der Waals surface area contributed by atoms with Gasteiger partial charge in [0, 0.05) is 38.5 Å². The maximum atomic E-state index is 12.9. The van der Waals surface area contributed by atoms with Gasteiger partial charge in [-0.25, -0.2) is 4.79 Å². The fraction of sp³-hybridized carbons (Fsp3) is 0.946. The van der Waals surface area contributed by atoms with E-state index in [1.165, 1.54) is 45.4 Å². The van der Waals surface area contributed by atoms with Gasteiger partial charge in [0.15, 0.2) is 6.10 Å². The largest absolute Gasteiger partial charge is 0.457 e. The Morgan fingerprint density at radius 1 is 0.978 bits per heavy atom. The van der Waals surface area contributed by atoms with Gasteiger partial charge in [-0.1, -0.05) is 20.8 Å². The standard InChI is InChI=1S/C37H60N2O7/c1-23(40)44-31(34(4,5)42)27-9-7-25-28(45-27)21-26-24-8-10-29-33(2,3)30(46-32(41)38-15-16-39-17-19-43-20-18-39)11-12-37(29)22-36(24,37)14-13-35(25,26)6/h24-31,42H,7-22H2,1-6H3,(H,38,41)/t24?,25?,26?,27?,28?,29?,30-,31-,35?,36-,37?/m0/s1. The van der Waals surface area contributed by atoms with Crippen molar-refractivity contribution in [2.75, 3.05) is 39.4 Å². The number of nitrogens with one attached hydrogen (secondary N) is 1. The van der Waals surface area contributed by atoms with Crippen LogP contribution in [0, 0.1) is 45.3 Å². The predicted octanol–water partition coefficient (Wildman–Crippen LogP) is 5.32. The molecule has 5 aliphatic carbocycles. The summed E-state index contributed by atoms with van der Waals surface area (Å²) in [5, 5.41) is 13.9. The summed E-state index contributed by atoms with van der Waals surface area (Å²) in [6, 6.07) is 0. The van der Waals surface area contributed by atoms with Crippen molar-refractivity contribution < 1.29 is 33.6 Å². The third kappa shape index (κ3) is 5.24. The lowest BCUT2D eigenvalue weighted by molar-refractivity contribution is -0.200. The second kappa shape index (κ2) is 11.6. The maximum absolute atomic E-state index is 12.9. The Bertz CT molecular complexity index is 1180. The van der Waals surface area contributed by atoms with Gasteiger partial charge in [0.2, 0.25) is 0 Å². The van der Waals surface area contributed by atoms with Gasteiger partial charge in [-0.05, 0) is 118 Å². The van der Waals surface area contributed by atoms with Gasteiger partial charge in [0.25, 0.3) is 0 Å². The Kier molecular flexibility index (Phi) is 8.34. The lowest BCUT2D eigenvalue weighted by Gasteiger charge is -2.59. The zero-order valence-corrected chi connectivity index (χ0v) is 29.3. The summed E-state index contributed by atoms with van der Waals surface area (Å²) in [7, 11) is 0. The molecule has 0 aromatic carbocycles. The number of hydrogen-bond donors (Lipinski definition) is 2. The van der Waals surface area contributed by atoms with Crippen LogP contribution in [0.3, 0.4) is 0 Å². The molecule has 1 amide bonds. The van der Waals surface area contributed by atoms with E-state index in [1.54, 1.807) is 13.8 Å². The van der Waals surface area contributed by atoms with Crippen LogP contribution in [-0.2, 0) is 23.7 Å². The van der Waals surface area contributed by atoms with Crippen LogP contribution >= 0.6 is 0 Å². The molecule has 9 nitrogen and oxygen atoms in total. The number of aliphatic hydroxyl groups is 1. The molecule has 7 fully saturated rings. The number of rotatable bonds is 7. The molecule has 7 rings (SSSR count). The Hall–Kier alpha value is -1.42. The zero-order valence-electron chi connectivity index (χ0n) is 29.3. The van der Waals surface area contributed by atoms with Crippen molar-refractivity contribution in [1.82, 2.24) is 10.2 Å². The molecular weight excluding hydrogens is 584 g/mol. The van der Waals surface area contributed by atoms with Gasteiger partial charge < -0.3 is 29.4 Å². The number of carbonyl (C=O) groups excluding carboxylic acids is 2. The number of nitrogens with zero attached hydrogens (tertiary/aromatic N) is 1. The van der Waals surface area contributed by atoms with Crippen LogP contribution in [0.25, 0.3) is 0 Å².